The second-order valence-electron chi connectivity index (χ2n) is 6.80. The third-order valence-electron chi connectivity index (χ3n) is 4.65. The molecule has 0 spiro atoms. The molecule has 2 aromatic carbocycles. The highest BCUT2D eigenvalue weighted by Gasteiger charge is 2.50. The van der Waals surface area contributed by atoms with Gasteiger partial charge in [-0.3, -0.25) is 14.5 Å². The summed E-state index contributed by atoms with van der Waals surface area (Å²) in [6.45, 7) is 3.24. The Bertz CT molecular complexity index is 1160. The predicted molar refractivity (Wildman–Crippen MR) is 107 cm³/mol. The maximum atomic E-state index is 14.3. The van der Waals surface area contributed by atoms with Crippen molar-refractivity contribution >= 4 is 40.5 Å². The van der Waals surface area contributed by atoms with Gasteiger partial charge in [-0.05, 0) is 62.5 Å². The quantitative estimate of drug-likeness (QED) is 0.782. The van der Waals surface area contributed by atoms with Gasteiger partial charge in [0.2, 0.25) is 0 Å². The first-order valence-electron chi connectivity index (χ1n) is 8.35. The highest BCUT2D eigenvalue weighted by Crippen LogP contribution is 2.37. The standard InChI is InChI=1S/C20H14FN5O2S/c1-20(2)18(28)25(13-4-3-11(9-22)12(7-13)10-23)19(29)26(20)14-5-6-15(17(24)27)16(21)8-14/h3-8H,1-2H3,(H2,24,27). The van der Waals surface area contributed by atoms with Crippen LogP contribution in [0.1, 0.15) is 35.3 Å². The fraction of sp³-hybridized carbons (Fsp3) is 0.150. The molecule has 1 heterocycles. The van der Waals surface area contributed by atoms with Crippen molar-refractivity contribution in [1.29, 1.82) is 10.5 Å². The summed E-state index contributed by atoms with van der Waals surface area (Å²) in [5.41, 5.74) is 4.57. The molecule has 0 atom stereocenters. The number of hydrogen-bond acceptors (Lipinski definition) is 5. The summed E-state index contributed by atoms with van der Waals surface area (Å²) in [4.78, 5) is 27.1. The molecule has 0 aromatic heterocycles. The number of halogens is 1. The van der Waals surface area contributed by atoms with Crippen LogP contribution in [-0.2, 0) is 4.79 Å². The van der Waals surface area contributed by atoms with Crippen LogP contribution < -0.4 is 15.5 Å². The second kappa shape index (κ2) is 6.97. The number of nitrogens with two attached hydrogens (primary N) is 1. The van der Waals surface area contributed by atoms with Crippen molar-refractivity contribution in [2.24, 2.45) is 5.73 Å². The van der Waals surface area contributed by atoms with Gasteiger partial charge >= 0.3 is 0 Å². The Kier molecular flexibility index (Phi) is 4.79. The number of amides is 2. The van der Waals surface area contributed by atoms with Crippen LogP contribution in [0.5, 0.6) is 0 Å². The highest BCUT2D eigenvalue weighted by atomic mass is 32.1. The second-order valence-corrected chi connectivity index (χ2v) is 7.16. The molecular weight excluding hydrogens is 393 g/mol. The van der Waals surface area contributed by atoms with Crippen LogP contribution in [0, 0.1) is 28.5 Å². The molecule has 0 saturated carbocycles. The van der Waals surface area contributed by atoms with Crippen molar-refractivity contribution < 1.29 is 14.0 Å². The Morgan fingerprint density at radius 2 is 1.72 bits per heavy atom. The van der Waals surface area contributed by atoms with Gasteiger partial charge < -0.3 is 10.6 Å². The summed E-state index contributed by atoms with van der Waals surface area (Å²) in [5, 5.41) is 18.4. The van der Waals surface area contributed by atoms with E-state index in [2.05, 4.69) is 0 Å². The van der Waals surface area contributed by atoms with E-state index in [1.54, 1.807) is 13.8 Å². The minimum Gasteiger partial charge on any atom is -0.366 e. The monoisotopic (exact) mass is 407 g/mol. The van der Waals surface area contributed by atoms with E-state index < -0.39 is 23.2 Å². The topological polar surface area (TPSA) is 114 Å². The van der Waals surface area contributed by atoms with Crippen molar-refractivity contribution in [2.45, 2.75) is 19.4 Å². The van der Waals surface area contributed by atoms with Gasteiger partial charge in [0.05, 0.1) is 22.4 Å². The number of rotatable bonds is 3. The summed E-state index contributed by atoms with van der Waals surface area (Å²) >= 11 is 5.49. The van der Waals surface area contributed by atoms with Crippen LogP contribution in [0.2, 0.25) is 0 Å². The number of carbonyl (C=O) groups excluding carboxylic acids is 2. The summed E-state index contributed by atoms with van der Waals surface area (Å²) in [5.74, 6) is -2.13. The summed E-state index contributed by atoms with van der Waals surface area (Å²) in [7, 11) is 0. The Hall–Kier alpha value is -3.82. The van der Waals surface area contributed by atoms with Gasteiger partial charge in [-0.15, -0.1) is 0 Å². The number of benzene rings is 2. The average molecular weight is 407 g/mol. The highest BCUT2D eigenvalue weighted by molar-refractivity contribution is 7.81. The van der Waals surface area contributed by atoms with Crippen LogP contribution in [0.25, 0.3) is 0 Å². The van der Waals surface area contributed by atoms with Gasteiger partial charge in [0.1, 0.15) is 23.5 Å². The zero-order chi connectivity index (χ0) is 21.5. The summed E-state index contributed by atoms with van der Waals surface area (Å²) < 4.78 is 14.3. The molecule has 2 amide bonds. The molecule has 9 heteroatoms. The van der Waals surface area contributed by atoms with Gasteiger partial charge in [0.15, 0.2) is 5.11 Å². The number of primary amides is 1. The molecule has 0 bridgehead atoms. The SMILES string of the molecule is CC1(C)C(=O)N(c2ccc(C#N)c(C#N)c2)C(=S)N1c1ccc(C(N)=O)c(F)c1. The Morgan fingerprint density at radius 1 is 1.10 bits per heavy atom. The van der Waals surface area contributed by atoms with Crippen LogP contribution in [0.15, 0.2) is 36.4 Å². The molecule has 0 unspecified atom stereocenters. The van der Waals surface area contributed by atoms with E-state index in [1.807, 2.05) is 12.1 Å². The van der Waals surface area contributed by atoms with E-state index in [0.717, 1.165) is 6.07 Å². The number of nitrogens with zero attached hydrogens (tertiary/aromatic N) is 4. The smallest absolute Gasteiger partial charge is 0.259 e. The number of nitriles is 2. The van der Waals surface area contributed by atoms with Gasteiger partial charge in [0.25, 0.3) is 11.8 Å². The minimum absolute atomic E-state index is 0.0693. The molecule has 1 fully saturated rings. The van der Waals surface area contributed by atoms with Gasteiger partial charge in [0, 0.05) is 5.69 Å². The lowest BCUT2D eigenvalue weighted by atomic mass is 10.0. The number of anilines is 2. The lowest BCUT2D eigenvalue weighted by Crippen LogP contribution is -2.44. The van der Waals surface area contributed by atoms with E-state index in [9.17, 15) is 19.2 Å². The molecule has 3 rings (SSSR count). The van der Waals surface area contributed by atoms with Gasteiger partial charge in [-0.1, -0.05) is 0 Å². The average Bonchev–Trinajstić information content (AvgIpc) is 2.85. The minimum atomic E-state index is -1.17. The fourth-order valence-electron chi connectivity index (χ4n) is 3.16. The van der Waals surface area contributed by atoms with Crippen molar-refractivity contribution in [3.63, 3.8) is 0 Å². The van der Waals surface area contributed by atoms with E-state index in [-0.39, 0.29) is 27.5 Å². The first kappa shape index (κ1) is 19.9. The molecule has 144 valence electrons. The molecule has 29 heavy (non-hydrogen) atoms. The van der Waals surface area contributed by atoms with Crippen molar-refractivity contribution in [2.75, 3.05) is 9.80 Å². The normalized spacial score (nSPS) is 15.2. The Morgan fingerprint density at radius 3 is 2.28 bits per heavy atom. The third kappa shape index (κ3) is 3.08. The van der Waals surface area contributed by atoms with E-state index in [1.165, 1.54) is 40.1 Å². The van der Waals surface area contributed by atoms with E-state index >= 15 is 0 Å². The third-order valence-corrected chi connectivity index (χ3v) is 5.01. The molecule has 2 aromatic rings. The fourth-order valence-corrected chi connectivity index (χ4v) is 3.68. The van der Waals surface area contributed by atoms with Crippen LogP contribution in [0.4, 0.5) is 15.8 Å². The molecule has 0 aliphatic carbocycles. The largest absolute Gasteiger partial charge is 0.366 e. The zero-order valence-corrected chi connectivity index (χ0v) is 16.2. The Labute approximate surface area is 171 Å². The zero-order valence-electron chi connectivity index (χ0n) is 15.4. The molecule has 0 radical (unpaired) electrons. The molecule has 7 nitrogen and oxygen atoms in total. The lowest BCUT2D eigenvalue weighted by Gasteiger charge is -2.29. The maximum Gasteiger partial charge on any atom is 0.259 e. The maximum absolute atomic E-state index is 14.3. The number of carbonyl (C=O) groups is 2. The van der Waals surface area contributed by atoms with Crippen molar-refractivity contribution in [3.8, 4) is 12.1 Å². The lowest BCUT2D eigenvalue weighted by molar-refractivity contribution is -0.120. The molecule has 1 aliphatic rings. The van der Waals surface area contributed by atoms with Gasteiger partial charge in [-0.25, -0.2) is 4.39 Å². The molecule has 1 saturated heterocycles. The first-order valence-corrected chi connectivity index (χ1v) is 8.76. The summed E-state index contributed by atoms with van der Waals surface area (Å²) in [6, 6.07) is 11.9. The van der Waals surface area contributed by atoms with Crippen molar-refractivity contribution in [3.05, 3.63) is 58.9 Å². The first-order chi connectivity index (χ1) is 13.6. The summed E-state index contributed by atoms with van der Waals surface area (Å²) in [6.07, 6.45) is 0. The predicted octanol–water partition coefficient (Wildman–Crippen LogP) is 2.58. The number of hydrogen-bond donors (Lipinski definition) is 1. The van der Waals surface area contributed by atoms with E-state index in [0.29, 0.717) is 5.69 Å². The Balaban J connectivity index is 2.10. The molecule has 1 aliphatic heterocycles. The van der Waals surface area contributed by atoms with Gasteiger partial charge in [-0.2, -0.15) is 10.5 Å². The molecular formula is C20H14FN5O2S. The van der Waals surface area contributed by atoms with Crippen LogP contribution in [-0.4, -0.2) is 22.5 Å². The van der Waals surface area contributed by atoms with Crippen molar-refractivity contribution in [1.82, 2.24) is 0 Å². The van der Waals surface area contributed by atoms with Crippen LogP contribution in [0.3, 0.4) is 0 Å². The number of thiocarbonyl (C=S) groups is 1. The van der Waals surface area contributed by atoms with E-state index in [4.69, 9.17) is 23.2 Å². The van der Waals surface area contributed by atoms with Crippen LogP contribution >= 0.6 is 12.2 Å². The molecule has 2 N–H and O–H groups in total.